The van der Waals surface area contributed by atoms with Crippen molar-refractivity contribution in [2.45, 2.75) is 36.5 Å². The molecule has 0 fully saturated rings. The first-order valence-corrected chi connectivity index (χ1v) is 20.1. The summed E-state index contributed by atoms with van der Waals surface area (Å²) in [5.41, 5.74) is 14.0. The molecule has 13 heteroatoms. The molecule has 0 saturated heterocycles. The third-order valence-corrected chi connectivity index (χ3v) is 12.0. The first-order chi connectivity index (χ1) is 27.6. The van der Waals surface area contributed by atoms with Gasteiger partial charge in [0.25, 0.3) is 11.8 Å². The van der Waals surface area contributed by atoms with Crippen LogP contribution in [0, 0.1) is 0 Å². The van der Waals surface area contributed by atoms with Crippen LogP contribution in [0.15, 0.2) is 132 Å². The van der Waals surface area contributed by atoms with Crippen molar-refractivity contribution in [3.63, 3.8) is 0 Å². The zero-order chi connectivity index (χ0) is 39.9. The maximum atomic E-state index is 13.8. The third-order valence-electron chi connectivity index (χ3n) is 10.1. The number of rotatable bonds is 15. The number of anilines is 2. The summed E-state index contributed by atoms with van der Waals surface area (Å²) in [6, 6.07) is 34.4. The number of aliphatic hydroxyl groups excluding tert-OH is 1. The molecular formula is C44H44N4O8S. The number of amides is 2. The minimum Gasteiger partial charge on any atom is -0.497 e. The number of para-hydroxylation sites is 2. The van der Waals surface area contributed by atoms with Crippen LogP contribution in [0.2, 0.25) is 0 Å². The average Bonchev–Trinajstić information content (AvgIpc) is 3.62. The van der Waals surface area contributed by atoms with Gasteiger partial charge in [0.15, 0.2) is 5.76 Å². The number of nitrogen functional groups attached to an aromatic ring is 1. The van der Waals surface area contributed by atoms with E-state index in [1.54, 1.807) is 60.7 Å². The van der Waals surface area contributed by atoms with Crippen LogP contribution in [0.25, 0.3) is 11.1 Å². The van der Waals surface area contributed by atoms with E-state index in [1.807, 2.05) is 24.3 Å². The Labute approximate surface area is 331 Å². The minimum absolute atomic E-state index is 0.0572. The smallest absolute Gasteiger partial charge is 0.286 e. The average molecular weight is 789 g/mol. The summed E-state index contributed by atoms with van der Waals surface area (Å²) >= 11 is 0. The van der Waals surface area contributed by atoms with Crippen LogP contribution in [-0.2, 0) is 37.3 Å². The van der Waals surface area contributed by atoms with Gasteiger partial charge < -0.3 is 35.7 Å². The van der Waals surface area contributed by atoms with E-state index in [9.17, 15) is 23.1 Å². The number of hydrogen-bond donors (Lipinski definition) is 4. The summed E-state index contributed by atoms with van der Waals surface area (Å²) in [4.78, 5) is 26.6. The summed E-state index contributed by atoms with van der Waals surface area (Å²) in [7, 11) is -2.47. The number of carbonyl (C=O) groups excluding carboxylic acids is 2. The number of nitrogens with two attached hydrogens (primary N) is 1. The Morgan fingerprint density at radius 3 is 2.37 bits per heavy atom. The number of allylic oxidation sites excluding steroid dienone is 1. The maximum Gasteiger partial charge on any atom is 0.286 e. The van der Waals surface area contributed by atoms with Crippen molar-refractivity contribution in [3.05, 3.63) is 155 Å². The van der Waals surface area contributed by atoms with Gasteiger partial charge in [0.2, 0.25) is 16.3 Å². The van der Waals surface area contributed by atoms with Gasteiger partial charge in [-0.2, -0.15) is 4.31 Å². The highest BCUT2D eigenvalue weighted by molar-refractivity contribution is 7.89. The molecule has 7 rings (SSSR count). The van der Waals surface area contributed by atoms with Crippen LogP contribution < -0.4 is 21.1 Å². The van der Waals surface area contributed by atoms with Crippen molar-refractivity contribution in [2.24, 2.45) is 0 Å². The Kier molecular flexibility index (Phi) is 12.0. The molecule has 0 bridgehead atoms. The lowest BCUT2D eigenvalue weighted by atomic mass is 9.87. The molecule has 2 unspecified atom stereocenters. The molecule has 5 aromatic rings. The topological polar surface area (TPSA) is 170 Å². The lowest BCUT2D eigenvalue weighted by Gasteiger charge is -2.31. The standard InChI is InChI=1S/C44H44N4O8S/c1-54-33-17-19-34(20-18-33)57(52,53)48(21-23-49)22-24-55-42-27-32(36-9-6-10-37-35-8-3-2-7-31(35)25-38(36)37)26-41(56-42)44(51)46-28-29-13-15-30(16-14-29)43(50)47-40-12-5-4-11-39(40)45/h2-20,26,32,42,49H,21-25,27-28,45H2,1H3,(H,46,51)(H,47,50). The van der Waals surface area contributed by atoms with Crippen LogP contribution >= 0.6 is 0 Å². The van der Waals surface area contributed by atoms with E-state index in [1.165, 1.54) is 35.9 Å². The molecule has 0 saturated carbocycles. The number of sulfonamides is 1. The van der Waals surface area contributed by atoms with Gasteiger partial charge in [-0.15, -0.1) is 0 Å². The third kappa shape index (κ3) is 8.87. The predicted octanol–water partition coefficient (Wildman–Crippen LogP) is 5.83. The first-order valence-electron chi connectivity index (χ1n) is 18.6. The molecule has 1 heterocycles. The quantitative estimate of drug-likeness (QED) is 0.0936. The highest BCUT2D eigenvalue weighted by atomic mass is 32.2. The zero-order valence-corrected chi connectivity index (χ0v) is 32.2. The summed E-state index contributed by atoms with van der Waals surface area (Å²) in [5.74, 6) is -0.409. The van der Waals surface area contributed by atoms with E-state index in [4.69, 9.17) is 19.9 Å². The second-order valence-corrected chi connectivity index (χ2v) is 15.7. The molecule has 5 N–H and O–H groups in total. The van der Waals surface area contributed by atoms with E-state index in [0.29, 0.717) is 29.1 Å². The number of carbonyl (C=O) groups is 2. The highest BCUT2D eigenvalue weighted by Gasteiger charge is 2.33. The molecule has 2 amide bonds. The molecule has 0 aromatic heterocycles. The summed E-state index contributed by atoms with van der Waals surface area (Å²) in [6.07, 6.45) is 2.08. The van der Waals surface area contributed by atoms with Crippen LogP contribution in [0.1, 0.15) is 45.0 Å². The van der Waals surface area contributed by atoms with Gasteiger partial charge in [-0.1, -0.05) is 66.7 Å². The normalized spacial score (nSPS) is 15.9. The fourth-order valence-corrected chi connectivity index (χ4v) is 8.57. The van der Waals surface area contributed by atoms with Gasteiger partial charge in [0.05, 0.1) is 36.6 Å². The second-order valence-electron chi connectivity index (χ2n) is 13.7. The largest absolute Gasteiger partial charge is 0.497 e. The fourth-order valence-electron chi connectivity index (χ4n) is 7.16. The molecule has 57 heavy (non-hydrogen) atoms. The molecule has 1 aliphatic heterocycles. The van der Waals surface area contributed by atoms with E-state index < -0.39 is 22.2 Å². The Balaban J connectivity index is 1.06. The van der Waals surface area contributed by atoms with Gasteiger partial charge in [0, 0.05) is 37.5 Å². The van der Waals surface area contributed by atoms with Gasteiger partial charge in [-0.25, -0.2) is 8.42 Å². The van der Waals surface area contributed by atoms with E-state index in [-0.39, 0.29) is 55.3 Å². The van der Waals surface area contributed by atoms with Crippen molar-refractivity contribution >= 4 is 33.2 Å². The highest BCUT2D eigenvalue weighted by Crippen LogP contribution is 2.43. The monoisotopic (exact) mass is 788 g/mol. The van der Waals surface area contributed by atoms with Gasteiger partial charge in [0.1, 0.15) is 5.75 Å². The molecule has 294 valence electrons. The lowest BCUT2D eigenvalue weighted by molar-refractivity contribution is -0.146. The van der Waals surface area contributed by atoms with E-state index in [0.717, 1.165) is 27.4 Å². The van der Waals surface area contributed by atoms with Crippen LogP contribution in [0.5, 0.6) is 5.75 Å². The number of aliphatic hydroxyl groups is 1. The van der Waals surface area contributed by atoms with Crippen LogP contribution in [0.4, 0.5) is 11.4 Å². The molecule has 0 spiro atoms. The second kappa shape index (κ2) is 17.4. The Bertz CT molecular complexity index is 2380. The number of methoxy groups -OCH3 is 1. The molecule has 5 aromatic carbocycles. The Morgan fingerprint density at radius 1 is 0.877 bits per heavy atom. The molecular weight excluding hydrogens is 745 g/mol. The van der Waals surface area contributed by atoms with Crippen molar-refractivity contribution in [1.82, 2.24) is 9.62 Å². The molecule has 2 aliphatic rings. The van der Waals surface area contributed by atoms with Gasteiger partial charge >= 0.3 is 0 Å². The number of fused-ring (bicyclic) bond motifs is 3. The molecule has 0 radical (unpaired) electrons. The van der Waals surface area contributed by atoms with Crippen molar-refractivity contribution in [3.8, 4) is 16.9 Å². The number of nitrogens with one attached hydrogen (secondary N) is 2. The Morgan fingerprint density at radius 2 is 1.61 bits per heavy atom. The molecule has 12 nitrogen and oxygen atoms in total. The number of ether oxygens (including phenoxy) is 3. The summed E-state index contributed by atoms with van der Waals surface area (Å²) < 4.78 is 45.7. The SMILES string of the molecule is COc1ccc(S(=O)(=O)N(CCO)CCOC2CC(c3cccc4c3Cc3ccccc3-4)C=C(C(=O)NCc3ccc(C(=O)Nc4ccccc4N)cc3)O2)cc1. The van der Waals surface area contributed by atoms with Crippen LogP contribution in [-0.4, -0.2) is 69.3 Å². The minimum atomic E-state index is -3.97. The fraction of sp³-hybridized carbons (Fsp3) is 0.227. The number of hydrogen-bond acceptors (Lipinski definition) is 9. The summed E-state index contributed by atoms with van der Waals surface area (Å²) in [5, 5.41) is 15.5. The van der Waals surface area contributed by atoms with E-state index >= 15 is 0 Å². The zero-order valence-electron chi connectivity index (χ0n) is 31.4. The van der Waals surface area contributed by atoms with Crippen molar-refractivity contribution in [1.29, 1.82) is 0 Å². The van der Waals surface area contributed by atoms with E-state index in [2.05, 4.69) is 34.9 Å². The Hall–Kier alpha value is -5.99. The molecule has 1 aliphatic carbocycles. The lowest BCUT2D eigenvalue weighted by Crippen LogP contribution is -2.38. The predicted molar refractivity (Wildman–Crippen MR) is 217 cm³/mol. The van der Waals surface area contributed by atoms with Gasteiger partial charge in [-0.3, -0.25) is 9.59 Å². The summed E-state index contributed by atoms with van der Waals surface area (Å²) in [6.45, 7) is -0.475. The first kappa shape index (κ1) is 39.3. The number of benzene rings is 5. The van der Waals surface area contributed by atoms with Crippen LogP contribution in [0.3, 0.4) is 0 Å². The van der Waals surface area contributed by atoms with Crippen molar-refractivity contribution in [2.75, 3.05) is 44.5 Å². The number of nitrogens with zero attached hydrogens (tertiary/aromatic N) is 1. The molecule has 2 atom stereocenters. The maximum absolute atomic E-state index is 13.8. The van der Waals surface area contributed by atoms with Gasteiger partial charge in [-0.05, 0) is 94.4 Å². The van der Waals surface area contributed by atoms with Crippen molar-refractivity contribution < 1.29 is 37.3 Å².